The molecule has 31 heavy (non-hydrogen) atoms. The largest absolute Gasteiger partial charge is 0.507 e. The highest BCUT2D eigenvalue weighted by Crippen LogP contribution is 2.46. The van der Waals surface area contributed by atoms with Gasteiger partial charge in [-0.1, -0.05) is 11.5 Å². The van der Waals surface area contributed by atoms with Gasteiger partial charge in [-0.05, 0) is 55.4 Å². The van der Waals surface area contributed by atoms with E-state index in [0.717, 1.165) is 42.5 Å². The number of carbonyl (C=O) groups excluding carboxylic acids is 1. The first kappa shape index (κ1) is 23.0. The van der Waals surface area contributed by atoms with Gasteiger partial charge in [-0.2, -0.15) is 0 Å². The smallest absolute Gasteiger partial charge is 0.350 e. The number of allylic oxidation sites excluding steroid dienone is 1. The summed E-state index contributed by atoms with van der Waals surface area (Å²) >= 11 is 1.46. The molecule has 1 spiro atoms. The molecule has 2 fully saturated rings. The third-order valence-corrected chi connectivity index (χ3v) is 6.63. The maximum Gasteiger partial charge on any atom is 0.350 e. The van der Waals surface area contributed by atoms with Crippen LogP contribution in [0.3, 0.4) is 0 Å². The molecule has 0 aromatic carbocycles. The van der Waals surface area contributed by atoms with Crippen molar-refractivity contribution < 1.29 is 24.1 Å². The number of methoxy groups -OCH3 is 1. The Labute approximate surface area is 186 Å². The molecule has 3 rings (SSSR count). The summed E-state index contributed by atoms with van der Waals surface area (Å²) in [5.41, 5.74) is 11.8. The normalized spacial score (nSPS) is 17.0. The van der Waals surface area contributed by atoms with Crippen LogP contribution in [0.5, 0.6) is 0 Å². The lowest BCUT2D eigenvalue weighted by molar-refractivity contribution is -0.178. The Morgan fingerprint density at radius 1 is 1.29 bits per heavy atom. The molecule has 1 aromatic heterocycles. The van der Waals surface area contributed by atoms with E-state index in [1.165, 1.54) is 18.4 Å². The summed E-state index contributed by atoms with van der Waals surface area (Å²) in [6.45, 7) is 3.62. The second-order valence-corrected chi connectivity index (χ2v) is 8.30. The lowest BCUT2D eigenvalue weighted by Crippen LogP contribution is -2.34. The first-order valence-electron chi connectivity index (χ1n) is 10.3. The molecule has 1 aliphatic heterocycles. The third kappa shape index (κ3) is 5.71. The molecule has 0 amide bonds. The molecular weight excluding hydrogens is 414 g/mol. The molecule has 1 N–H and O–H groups in total. The molecule has 1 aromatic rings. The van der Waals surface area contributed by atoms with Gasteiger partial charge in [0.2, 0.25) is 0 Å². The molecule has 2 aliphatic rings. The lowest BCUT2D eigenvalue weighted by atomic mass is 9.84. The number of aliphatic hydroxyl groups is 1. The number of anilines is 1. The van der Waals surface area contributed by atoms with E-state index >= 15 is 0 Å². The molecule has 0 unspecified atom stereocenters. The number of hydrogen-bond acceptors (Lipinski definition) is 7. The molecule has 1 saturated carbocycles. The van der Waals surface area contributed by atoms with Crippen LogP contribution in [0, 0.1) is 0 Å². The van der Waals surface area contributed by atoms with Gasteiger partial charge in [0.1, 0.15) is 11.1 Å². The van der Waals surface area contributed by atoms with Gasteiger partial charge < -0.3 is 24.2 Å². The van der Waals surface area contributed by atoms with E-state index in [-0.39, 0.29) is 5.97 Å². The Bertz CT molecular complexity index is 968. The quantitative estimate of drug-likeness (QED) is 0.382. The molecule has 1 saturated heterocycles. The van der Waals surface area contributed by atoms with Gasteiger partial charge in [0, 0.05) is 24.3 Å². The monoisotopic (exact) mass is 441 g/mol. The number of rotatable bonds is 6. The predicted octanol–water partition coefficient (Wildman–Crippen LogP) is 4.97. The molecule has 164 valence electrons. The number of thiophene rings is 1. The SMILES string of the molecule is CC=C=C=CCN(C=C=C=CO)c1cc(C2CCC3(CC2)OCCO3)sc1C(=O)OC. The van der Waals surface area contributed by atoms with E-state index in [1.807, 2.05) is 17.9 Å². The van der Waals surface area contributed by atoms with E-state index < -0.39 is 5.79 Å². The summed E-state index contributed by atoms with van der Waals surface area (Å²) in [4.78, 5) is 16.0. The minimum absolute atomic E-state index is 0.331. The zero-order valence-electron chi connectivity index (χ0n) is 17.8. The van der Waals surface area contributed by atoms with Crippen molar-refractivity contribution in [3.63, 3.8) is 0 Å². The number of esters is 1. The van der Waals surface area contributed by atoms with E-state index in [9.17, 15) is 4.79 Å². The van der Waals surface area contributed by atoms with E-state index in [4.69, 9.17) is 19.3 Å². The maximum absolute atomic E-state index is 12.5. The molecule has 6 nitrogen and oxygen atoms in total. The second kappa shape index (κ2) is 11.1. The molecule has 1 aliphatic carbocycles. The van der Waals surface area contributed by atoms with E-state index in [1.54, 1.807) is 18.4 Å². The fraction of sp³-hybridized carbons (Fsp3) is 0.458. The van der Waals surface area contributed by atoms with Crippen molar-refractivity contribution >= 4 is 23.0 Å². The van der Waals surface area contributed by atoms with Gasteiger partial charge in [0.15, 0.2) is 5.79 Å². The second-order valence-electron chi connectivity index (χ2n) is 7.22. The number of carbonyl (C=O) groups is 1. The Morgan fingerprint density at radius 2 is 2.03 bits per heavy atom. The van der Waals surface area contributed by atoms with Crippen molar-refractivity contribution in [3.8, 4) is 0 Å². The van der Waals surface area contributed by atoms with Crippen LogP contribution in [0.25, 0.3) is 0 Å². The van der Waals surface area contributed by atoms with Gasteiger partial charge >= 0.3 is 5.97 Å². The number of aliphatic hydroxyl groups excluding tert-OH is 1. The molecule has 7 heteroatoms. The maximum atomic E-state index is 12.5. The number of ether oxygens (including phenoxy) is 3. The van der Waals surface area contributed by atoms with E-state index in [2.05, 4.69) is 22.9 Å². The lowest BCUT2D eigenvalue weighted by Gasteiger charge is -2.35. The fourth-order valence-electron chi connectivity index (χ4n) is 3.84. The number of nitrogens with zero attached hydrogens (tertiary/aromatic N) is 1. The van der Waals surface area contributed by atoms with Gasteiger partial charge in [0.05, 0.1) is 32.2 Å². The number of hydrogen-bond donors (Lipinski definition) is 1. The highest BCUT2D eigenvalue weighted by molar-refractivity contribution is 7.14. The predicted molar refractivity (Wildman–Crippen MR) is 119 cm³/mol. The van der Waals surface area contributed by atoms with Crippen LogP contribution in [0.15, 0.2) is 53.6 Å². The van der Waals surface area contributed by atoms with Gasteiger partial charge in [0.25, 0.3) is 0 Å². The van der Waals surface area contributed by atoms with Crippen LogP contribution in [0.2, 0.25) is 0 Å². The van der Waals surface area contributed by atoms with Crippen LogP contribution in [-0.2, 0) is 14.2 Å². The highest BCUT2D eigenvalue weighted by Gasteiger charge is 2.41. The van der Waals surface area contributed by atoms with Crippen molar-refractivity contribution in [2.24, 2.45) is 0 Å². The minimum atomic E-state index is -0.415. The summed E-state index contributed by atoms with van der Waals surface area (Å²) in [5.74, 6) is -0.464. The fourth-order valence-corrected chi connectivity index (χ4v) is 5.10. The van der Waals surface area contributed by atoms with Crippen molar-refractivity contribution in [1.82, 2.24) is 0 Å². The molecule has 2 heterocycles. The standard InChI is InChI=1S/C24H27NO5S/c1-3-4-5-6-13-25(14-7-8-15-26)20-18-21(31-22(20)23(27)28-2)19-9-11-24(12-10-19)29-16-17-30-24/h3,6,14-15,18-19,26H,9-13,16-17H2,1-2H3. The van der Waals surface area contributed by atoms with Crippen LogP contribution in [0.4, 0.5) is 5.69 Å². The summed E-state index contributed by atoms with van der Waals surface area (Å²) in [6, 6.07) is 2.05. The zero-order valence-corrected chi connectivity index (χ0v) is 18.7. The van der Waals surface area contributed by atoms with Gasteiger partial charge in [-0.25, -0.2) is 4.79 Å². The van der Waals surface area contributed by atoms with Gasteiger partial charge in [-0.15, -0.1) is 11.3 Å². The molecule has 0 bridgehead atoms. The van der Waals surface area contributed by atoms with Gasteiger partial charge in [-0.3, -0.25) is 0 Å². The summed E-state index contributed by atoms with van der Waals surface area (Å²) in [5, 5.41) is 8.87. The van der Waals surface area contributed by atoms with E-state index in [0.29, 0.717) is 30.6 Å². The minimum Gasteiger partial charge on any atom is -0.507 e. The summed E-state index contributed by atoms with van der Waals surface area (Å²) in [7, 11) is 1.38. The molecule has 0 radical (unpaired) electrons. The highest BCUT2D eigenvalue weighted by atomic mass is 32.1. The van der Waals surface area contributed by atoms with Crippen molar-refractivity contribution in [3.05, 3.63) is 63.4 Å². The Hall–Kier alpha value is -2.71. The first-order valence-corrected chi connectivity index (χ1v) is 11.1. The summed E-state index contributed by atoms with van der Waals surface area (Å²) in [6.07, 6.45) is 9.57. The Kier molecular flexibility index (Phi) is 8.20. The van der Waals surface area contributed by atoms with Crippen LogP contribution in [0.1, 0.15) is 53.1 Å². The first-order chi connectivity index (χ1) is 15.1. The van der Waals surface area contributed by atoms with Crippen molar-refractivity contribution in [1.29, 1.82) is 0 Å². The topological polar surface area (TPSA) is 68.2 Å². The van der Waals surface area contributed by atoms with Crippen LogP contribution < -0.4 is 4.90 Å². The average molecular weight is 442 g/mol. The Balaban J connectivity index is 1.91. The summed E-state index contributed by atoms with van der Waals surface area (Å²) < 4.78 is 16.7. The van der Waals surface area contributed by atoms with Crippen molar-refractivity contribution in [2.75, 3.05) is 31.8 Å². The third-order valence-electron chi connectivity index (χ3n) is 5.36. The average Bonchev–Trinajstić information content (AvgIpc) is 3.43. The molecule has 0 atom stereocenters. The zero-order chi connectivity index (χ0) is 22.1. The van der Waals surface area contributed by atoms with Crippen LogP contribution >= 0.6 is 11.3 Å². The van der Waals surface area contributed by atoms with Crippen molar-refractivity contribution in [2.45, 2.75) is 44.3 Å². The molecular formula is C24H27NO5S. The van der Waals surface area contributed by atoms with Crippen LogP contribution in [-0.4, -0.2) is 43.7 Å². The Morgan fingerprint density at radius 3 is 2.68 bits per heavy atom.